The van der Waals surface area contributed by atoms with Gasteiger partial charge < -0.3 is 10.1 Å². The summed E-state index contributed by atoms with van der Waals surface area (Å²) in [7, 11) is 0. The first-order valence-electron chi connectivity index (χ1n) is 6.21. The lowest BCUT2D eigenvalue weighted by atomic mass is 10.0. The first-order valence-corrected chi connectivity index (χ1v) is 6.21. The molecule has 0 saturated carbocycles. The molecule has 90 valence electrons. The van der Waals surface area contributed by atoms with Crippen LogP contribution in [0.5, 0.6) is 5.75 Å². The Morgan fingerprint density at radius 2 is 1.88 bits per heavy atom. The summed E-state index contributed by atoms with van der Waals surface area (Å²) in [5.74, 6) is 1.52. The molecule has 0 aliphatic rings. The maximum atomic E-state index is 5.42. The smallest absolute Gasteiger partial charge is 0.119 e. The highest BCUT2D eigenvalue weighted by molar-refractivity contribution is 5.29. The predicted molar refractivity (Wildman–Crippen MR) is 69.2 cm³/mol. The Bertz CT molecular complexity index is 281. The van der Waals surface area contributed by atoms with Gasteiger partial charge in [0.1, 0.15) is 5.75 Å². The molecule has 0 amide bonds. The second-order valence-electron chi connectivity index (χ2n) is 4.11. The fourth-order valence-electron chi connectivity index (χ4n) is 1.67. The van der Waals surface area contributed by atoms with Crippen LogP contribution in [0.25, 0.3) is 0 Å². The van der Waals surface area contributed by atoms with Crippen molar-refractivity contribution in [2.45, 2.75) is 33.1 Å². The Hall–Kier alpha value is -1.02. The molecule has 2 nitrogen and oxygen atoms in total. The van der Waals surface area contributed by atoms with E-state index >= 15 is 0 Å². The molecular weight excluding hydrogens is 198 g/mol. The molecular formula is C14H23NO. The van der Waals surface area contributed by atoms with Crippen LogP contribution in [0.2, 0.25) is 0 Å². The van der Waals surface area contributed by atoms with Crippen LogP contribution in [0.1, 0.15) is 38.7 Å². The molecule has 0 aromatic heterocycles. The highest BCUT2D eigenvalue weighted by Gasteiger charge is 2.04. The third-order valence-corrected chi connectivity index (χ3v) is 2.64. The summed E-state index contributed by atoms with van der Waals surface area (Å²) < 4.78 is 5.42. The van der Waals surface area contributed by atoms with E-state index in [1.54, 1.807) is 0 Å². The zero-order chi connectivity index (χ0) is 11.8. The summed E-state index contributed by atoms with van der Waals surface area (Å²) in [6.07, 6.45) is 1.19. The minimum Gasteiger partial charge on any atom is -0.494 e. The van der Waals surface area contributed by atoms with Crippen LogP contribution >= 0.6 is 0 Å². The Morgan fingerprint density at radius 3 is 2.44 bits per heavy atom. The van der Waals surface area contributed by atoms with E-state index in [0.717, 1.165) is 25.4 Å². The zero-order valence-electron chi connectivity index (χ0n) is 10.6. The first-order chi connectivity index (χ1) is 7.77. The molecule has 1 N–H and O–H groups in total. The van der Waals surface area contributed by atoms with E-state index < -0.39 is 0 Å². The quantitative estimate of drug-likeness (QED) is 0.714. The van der Waals surface area contributed by atoms with Crippen molar-refractivity contribution in [2.24, 2.45) is 0 Å². The van der Waals surface area contributed by atoms with Crippen LogP contribution in [-0.4, -0.2) is 19.7 Å². The molecule has 1 atom stereocenters. The van der Waals surface area contributed by atoms with Gasteiger partial charge in [-0.25, -0.2) is 0 Å². The third-order valence-electron chi connectivity index (χ3n) is 2.64. The molecule has 1 unspecified atom stereocenters. The standard InChI is InChI=1S/C14H23NO/c1-4-10-15-11-12(3)13-6-8-14(9-7-13)16-5-2/h6-9,12,15H,4-5,10-11H2,1-3H3. The highest BCUT2D eigenvalue weighted by atomic mass is 16.5. The van der Waals surface area contributed by atoms with Crippen LogP contribution in [0, 0.1) is 0 Å². The van der Waals surface area contributed by atoms with Crippen LogP contribution in [0.15, 0.2) is 24.3 Å². The first kappa shape index (κ1) is 13.0. The molecule has 1 rings (SSSR count). The van der Waals surface area contributed by atoms with Crippen molar-refractivity contribution in [3.05, 3.63) is 29.8 Å². The topological polar surface area (TPSA) is 21.3 Å². The van der Waals surface area contributed by atoms with Crippen LogP contribution in [0.4, 0.5) is 0 Å². The van der Waals surface area contributed by atoms with Crippen LogP contribution in [-0.2, 0) is 0 Å². The third kappa shape index (κ3) is 4.23. The normalized spacial score (nSPS) is 12.4. The van der Waals surface area contributed by atoms with Crippen LogP contribution < -0.4 is 10.1 Å². The molecule has 0 bridgehead atoms. The number of rotatable bonds is 7. The average molecular weight is 221 g/mol. The van der Waals surface area contributed by atoms with E-state index in [1.807, 2.05) is 6.92 Å². The van der Waals surface area contributed by atoms with Gasteiger partial charge in [0, 0.05) is 6.54 Å². The number of benzene rings is 1. The van der Waals surface area contributed by atoms with Gasteiger partial charge in [-0.15, -0.1) is 0 Å². The Morgan fingerprint density at radius 1 is 1.19 bits per heavy atom. The molecule has 0 spiro atoms. The summed E-state index contributed by atoms with van der Waals surface area (Å²) in [6, 6.07) is 8.41. The van der Waals surface area contributed by atoms with Gasteiger partial charge in [-0.1, -0.05) is 26.0 Å². The summed E-state index contributed by atoms with van der Waals surface area (Å²) in [4.78, 5) is 0. The van der Waals surface area contributed by atoms with Crippen molar-refractivity contribution >= 4 is 0 Å². The number of hydrogen-bond acceptors (Lipinski definition) is 2. The molecule has 1 aromatic carbocycles. The second kappa shape index (κ2) is 7.29. The van der Waals surface area contributed by atoms with E-state index in [2.05, 4.69) is 43.4 Å². The van der Waals surface area contributed by atoms with Gasteiger partial charge in [0.05, 0.1) is 6.61 Å². The molecule has 0 aliphatic carbocycles. The van der Waals surface area contributed by atoms with Gasteiger partial charge in [-0.2, -0.15) is 0 Å². The zero-order valence-corrected chi connectivity index (χ0v) is 10.6. The minimum absolute atomic E-state index is 0.558. The summed E-state index contributed by atoms with van der Waals surface area (Å²) >= 11 is 0. The largest absolute Gasteiger partial charge is 0.494 e. The van der Waals surface area contributed by atoms with Crippen molar-refractivity contribution in [2.75, 3.05) is 19.7 Å². The number of ether oxygens (including phenoxy) is 1. The summed E-state index contributed by atoms with van der Waals surface area (Å²) in [5, 5.41) is 3.44. The van der Waals surface area contributed by atoms with Gasteiger partial charge >= 0.3 is 0 Å². The molecule has 1 aromatic rings. The monoisotopic (exact) mass is 221 g/mol. The fourth-order valence-corrected chi connectivity index (χ4v) is 1.67. The van der Waals surface area contributed by atoms with Gasteiger partial charge in [-0.3, -0.25) is 0 Å². The maximum absolute atomic E-state index is 5.42. The van der Waals surface area contributed by atoms with Crippen molar-refractivity contribution in [1.82, 2.24) is 5.32 Å². The molecule has 0 fully saturated rings. The van der Waals surface area contributed by atoms with E-state index in [4.69, 9.17) is 4.74 Å². The van der Waals surface area contributed by atoms with Crippen molar-refractivity contribution in [3.8, 4) is 5.75 Å². The van der Waals surface area contributed by atoms with E-state index in [-0.39, 0.29) is 0 Å². The predicted octanol–water partition coefficient (Wildman–Crippen LogP) is 3.19. The average Bonchev–Trinajstić information content (AvgIpc) is 2.30. The van der Waals surface area contributed by atoms with Crippen molar-refractivity contribution < 1.29 is 4.74 Å². The SMILES string of the molecule is CCCNCC(C)c1ccc(OCC)cc1. The van der Waals surface area contributed by atoms with Gasteiger partial charge in [0.25, 0.3) is 0 Å². The van der Waals surface area contributed by atoms with Crippen molar-refractivity contribution in [3.63, 3.8) is 0 Å². The fraction of sp³-hybridized carbons (Fsp3) is 0.571. The molecule has 2 heteroatoms. The lowest BCUT2D eigenvalue weighted by Crippen LogP contribution is -2.20. The molecule has 0 saturated heterocycles. The summed E-state index contributed by atoms with van der Waals surface area (Å²) in [5.41, 5.74) is 1.37. The van der Waals surface area contributed by atoms with E-state index in [9.17, 15) is 0 Å². The maximum Gasteiger partial charge on any atom is 0.119 e. The van der Waals surface area contributed by atoms with Crippen LogP contribution in [0.3, 0.4) is 0 Å². The number of nitrogens with one attached hydrogen (secondary N) is 1. The second-order valence-corrected chi connectivity index (χ2v) is 4.11. The Kier molecular flexibility index (Phi) is 5.94. The Labute approximate surface area is 99.0 Å². The van der Waals surface area contributed by atoms with Gasteiger partial charge in [-0.05, 0) is 43.5 Å². The summed E-state index contributed by atoms with van der Waals surface area (Å²) in [6.45, 7) is 9.31. The molecule has 0 heterocycles. The minimum atomic E-state index is 0.558. The highest BCUT2D eigenvalue weighted by Crippen LogP contribution is 2.18. The van der Waals surface area contributed by atoms with E-state index in [0.29, 0.717) is 5.92 Å². The Balaban J connectivity index is 2.46. The van der Waals surface area contributed by atoms with Gasteiger partial charge in [0.15, 0.2) is 0 Å². The van der Waals surface area contributed by atoms with Crippen molar-refractivity contribution in [1.29, 1.82) is 0 Å². The molecule has 0 radical (unpaired) electrons. The molecule has 16 heavy (non-hydrogen) atoms. The molecule has 0 aliphatic heterocycles. The number of hydrogen-bond donors (Lipinski definition) is 1. The van der Waals surface area contributed by atoms with E-state index in [1.165, 1.54) is 12.0 Å². The van der Waals surface area contributed by atoms with Gasteiger partial charge in [0.2, 0.25) is 0 Å². The lowest BCUT2D eigenvalue weighted by Gasteiger charge is -2.13. The lowest BCUT2D eigenvalue weighted by molar-refractivity contribution is 0.340.